The summed E-state index contributed by atoms with van der Waals surface area (Å²) in [6, 6.07) is 0. The molecule has 0 spiro atoms. The maximum atomic E-state index is 9.77. The molecular weight excluding hydrogens is 212 g/mol. The summed E-state index contributed by atoms with van der Waals surface area (Å²) in [6.07, 6.45) is -4.53. The number of carboxylic acids is 2. The maximum absolute atomic E-state index is 9.77. The van der Waals surface area contributed by atoms with Gasteiger partial charge < -0.3 is 37.4 Å². The van der Waals surface area contributed by atoms with E-state index in [0.717, 1.165) is 0 Å². The van der Waals surface area contributed by atoms with Crippen molar-refractivity contribution in [2.24, 2.45) is 11.5 Å². The van der Waals surface area contributed by atoms with Gasteiger partial charge in [0.15, 0.2) is 12.2 Å². The van der Waals surface area contributed by atoms with Crippen LogP contribution in [0.2, 0.25) is 0 Å². The van der Waals surface area contributed by atoms with Gasteiger partial charge >= 0.3 is 11.9 Å². The highest BCUT2D eigenvalue weighted by Crippen LogP contribution is 1.92. The SMILES string of the molecule is NCCN.O.O=C(O)C(O)C(O)C(=O)O. The van der Waals surface area contributed by atoms with Crippen molar-refractivity contribution in [1.82, 2.24) is 0 Å². The van der Waals surface area contributed by atoms with E-state index in [1.807, 2.05) is 0 Å². The first-order valence-corrected chi connectivity index (χ1v) is 3.60. The summed E-state index contributed by atoms with van der Waals surface area (Å²) in [5, 5.41) is 32.5. The zero-order chi connectivity index (χ0) is 11.7. The van der Waals surface area contributed by atoms with Crippen LogP contribution in [0.1, 0.15) is 0 Å². The Labute approximate surface area is 85.2 Å². The molecule has 15 heavy (non-hydrogen) atoms. The normalized spacial score (nSPS) is 12.5. The summed E-state index contributed by atoms with van der Waals surface area (Å²) < 4.78 is 0. The lowest BCUT2D eigenvalue weighted by Gasteiger charge is -2.07. The third-order valence-corrected chi connectivity index (χ3v) is 0.972. The van der Waals surface area contributed by atoms with Crippen molar-refractivity contribution < 1.29 is 35.5 Å². The van der Waals surface area contributed by atoms with Crippen LogP contribution in [-0.4, -0.2) is 63.1 Å². The van der Waals surface area contributed by atoms with Gasteiger partial charge in [0.25, 0.3) is 0 Å². The second-order valence-corrected chi connectivity index (χ2v) is 2.14. The van der Waals surface area contributed by atoms with Gasteiger partial charge in [-0.25, -0.2) is 9.59 Å². The maximum Gasteiger partial charge on any atom is 0.335 e. The molecule has 0 saturated carbocycles. The van der Waals surface area contributed by atoms with Crippen LogP contribution in [0.3, 0.4) is 0 Å². The van der Waals surface area contributed by atoms with E-state index in [2.05, 4.69) is 0 Å². The first kappa shape index (κ1) is 19.3. The van der Waals surface area contributed by atoms with E-state index in [1.165, 1.54) is 0 Å². The van der Waals surface area contributed by atoms with Crippen LogP contribution in [0.4, 0.5) is 0 Å². The predicted octanol–water partition coefficient (Wildman–Crippen LogP) is -4.04. The van der Waals surface area contributed by atoms with Crippen molar-refractivity contribution in [2.45, 2.75) is 12.2 Å². The van der Waals surface area contributed by atoms with Gasteiger partial charge in [-0.3, -0.25) is 0 Å². The summed E-state index contributed by atoms with van der Waals surface area (Å²) in [7, 11) is 0. The molecule has 0 aromatic rings. The van der Waals surface area contributed by atoms with E-state index in [1.54, 1.807) is 0 Å². The number of carbonyl (C=O) groups is 2. The van der Waals surface area contributed by atoms with Crippen molar-refractivity contribution in [3.63, 3.8) is 0 Å². The highest BCUT2D eigenvalue weighted by molar-refractivity contribution is 5.82. The Hall–Kier alpha value is -1.26. The Morgan fingerprint density at radius 1 is 0.933 bits per heavy atom. The Kier molecular flexibility index (Phi) is 13.9. The van der Waals surface area contributed by atoms with Crippen LogP contribution in [-0.2, 0) is 9.59 Å². The van der Waals surface area contributed by atoms with Gasteiger partial charge in [0, 0.05) is 13.1 Å². The Morgan fingerprint density at radius 3 is 1.20 bits per heavy atom. The molecule has 0 fully saturated rings. The number of rotatable bonds is 4. The van der Waals surface area contributed by atoms with E-state index in [4.69, 9.17) is 31.9 Å². The molecule has 2 unspecified atom stereocenters. The minimum atomic E-state index is -2.27. The lowest BCUT2D eigenvalue weighted by molar-refractivity contribution is -0.165. The average Bonchev–Trinajstić information content (AvgIpc) is 2.15. The van der Waals surface area contributed by atoms with Crippen LogP contribution in [0.15, 0.2) is 0 Å². The van der Waals surface area contributed by atoms with E-state index >= 15 is 0 Å². The molecular formula is C6H16N2O7. The zero-order valence-electron chi connectivity index (χ0n) is 7.83. The van der Waals surface area contributed by atoms with Gasteiger partial charge in [0.2, 0.25) is 0 Å². The lowest BCUT2D eigenvalue weighted by atomic mass is 10.2. The number of aliphatic hydroxyl groups excluding tert-OH is 2. The molecule has 92 valence electrons. The fourth-order valence-electron chi connectivity index (χ4n) is 0.270. The van der Waals surface area contributed by atoms with Gasteiger partial charge in [-0.05, 0) is 0 Å². The molecule has 9 heteroatoms. The second kappa shape index (κ2) is 10.8. The molecule has 9 nitrogen and oxygen atoms in total. The molecule has 0 aromatic heterocycles. The molecule has 0 aromatic carbocycles. The van der Waals surface area contributed by atoms with E-state index in [-0.39, 0.29) is 5.48 Å². The van der Waals surface area contributed by atoms with E-state index in [0.29, 0.717) is 13.1 Å². The first-order chi connectivity index (χ1) is 6.38. The Balaban J connectivity index is -0.000000249. The summed E-state index contributed by atoms with van der Waals surface area (Å²) in [5.74, 6) is -3.54. The molecule has 0 bridgehead atoms. The fraction of sp³-hybridized carbons (Fsp3) is 0.667. The van der Waals surface area contributed by atoms with Crippen LogP contribution < -0.4 is 11.5 Å². The molecule has 0 amide bonds. The number of hydrogen-bond acceptors (Lipinski definition) is 6. The monoisotopic (exact) mass is 228 g/mol. The van der Waals surface area contributed by atoms with Crippen LogP contribution >= 0.6 is 0 Å². The molecule has 0 radical (unpaired) electrons. The second-order valence-electron chi connectivity index (χ2n) is 2.14. The zero-order valence-corrected chi connectivity index (χ0v) is 7.83. The number of nitrogens with two attached hydrogens (primary N) is 2. The highest BCUT2D eigenvalue weighted by Gasteiger charge is 2.29. The third kappa shape index (κ3) is 10.7. The average molecular weight is 228 g/mol. The van der Waals surface area contributed by atoms with Crippen molar-refractivity contribution in [3.8, 4) is 0 Å². The van der Waals surface area contributed by atoms with Crippen molar-refractivity contribution in [2.75, 3.05) is 13.1 Å². The standard InChI is InChI=1S/C4H6O6.C2H8N2.H2O/c5-1(3(7)8)2(6)4(9)10;3-1-2-4;/h1-2,5-6H,(H,7,8)(H,9,10);1-4H2;1H2. The van der Waals surface area contributed by atoms with Gasteiger partial charge in [-0.1, -0.05) is 0 Å². The smallest absolute Gasteiger partial charge is 0.335 e. The molecule has 0 aliphatic heterocycles. The number of aliphatic carboxylic acids is 2. The van der Waals surface area contributed by atoms with Crippen LogP contribution in [0.5, 0.6) is 0 Å². The molecule has 10 N–H and O–H groups in total. The molecule has 0 aliphatic rings. The molecule has 0 heterocycles. The van der Waals surface area contributed by atoms with Gasteiger partial charge in [-0.2, -0.15) is 0 Å². The van der Waals surface area contributed by atoms with Crippen molar-refractivity contribution in [3.05, 3.63) is 0 Å². The molecule has 0 rings (SSSR count). The molecule has 0 aliphatic carbocycles. The minimum Gasteiger partial charge on any atom is -0.479 e. The molecule has 0 saturated heterocycles. The number of carboxylic acid groups (broad SMARTS) is 2. The quantitative estimate of drug-likeness (QED) is 0.279. The Morgan fingerprint density at radius 2 is 1.13 bits per heavy atom. The fourth-order valence-corrected chi connectivity index (χ4v) is 0.270. The predicted molar refractivity (Wildman–Crippen MR) is 49.0 cm³/mol. The summed E-state index contributed by atoms with van der Waals surface area (Å²) in [6.45, 7) is 1.19. The minimum absolute atomic E-state index is 0. The highest BCUT2D eigenvalue weighted by atomic mass is 16.4. The van der Waals surface area contributed by atoms with Crippen molar-refractivity contribution in [1.29, 1.82) is 0 Å². The summed E-state index contributed by atoms with van der Waals surface area (Å²) in [5.41, 5.74) is 9.81. The third-order valence-electron chi connectivity index (χ3n) is 0.972. The van der Waals surface area contributed by atoms with Crippen LogP contribution in [0.25, 0.3) is 0 Å². The lowest BCUT2D eigenvalue weighted by Crippen LogP contribution is -2.39. The van der Waals surface area contributed by atoms with Gasteiger partial charge in [-0.15, -0.1) is 0 Å². The Bertz CT molecular complexity index is 166. The first-order valence-electron chi connectivity index (χ1n) is 3.60. The van der Waals surface area contributed by atoms with Gasteiger partial charge in [0.05, 0.1) is 0 Å². The van der Waals surface area contributed by atoms with Crippen molar-refractivity contribution >= 4 is 11.9 Å². The molecule has 2 atom stereocenters. The van der Waals surface area contributed by atoms with Crippen LogP contribution in [0, 0.1) is 0 Å². The van der Waals surface area contributed by atoms with E-state index < -0.39 is 24.1 Å². The summed E-state index contributed by atoms with van der Waals surface area (Å²) >= 11 is 0. The van der Waals surface area contributed by atoms with E-state index in [9.17, 15) is 9.59 Å². The number of hydrogen-bond donors (Lipinski definition) is 6. The topological polar surface area (TPSA) is 199 Å². The summed E-state index contributed by atoms with van der Waals surface area (Å²) in [4.78, 5) is 19.5. The van der Waals surface area contributed by atoms with Gasteiger partial charge in [0.1, 0.15) is 0 Å². The number of aliphatic hydroxyl groups is 2. The largest absolute Gasteiger partial charge is 0.479 e.